The van der Waals surface area contributed by atoms with E-state index in [1.165, 1.54) is 11.9 Å². The number of anilines is 1. The van der Waals surface area contributed by atoms with Gasteiger partial charge in [0.05, 0.1) is 11.4 Å². The summed E-state index contributed by atoms with van der Waals surface area (Å²) in [6.45, 7) is -0.315. The number of likely N-dealkylation sites (N-methyl/N-ethyl adjacent to an activating group) is 1. The van der Waals surface area contributed by atoms with Crippen LogP contribution >= 0.6 is 0 Å². The Kier molecular flexibility index (Phi) is 5.02. The van der Waals surface area contributed by atoms with Crippen LogP contribution in [0.5, 0.6) is 0 Å². The molecule has 0 bridgehead atoms. The fourth-order valence-corrected chi connectivity index (χ4v) is 2.39. The normalized spacial score (nSPS) is 14.3. The number of hydrogen-bond donors (Lipinski definition) is 1. The summed E-state index contributed by atoms with van der Waals surface area (Å²) in [4.78, 5) is 37.7. The maximum Gasteiger partial charge on any atom is 0.327 e. The molecule has 0 aliphatic carbocycles. The molecule has 2 aromatic rings. The molecule has 1 fully saturated rings. The van der Waals surface area contributed by atoms with Crippen LogP contribution in [0, 0.1) is 0 Å². The maximum atomic E-state index is 12.0. The number of urea groups is 1. The molecular weight excluding hydrogens is 334 g/mol. The van der Waals surface area contributed by atoms with Gasteiger partial charge in [0.25, 0.3) is 5.91 Å². The van der Waals surface area contributed by atoms with Crippen LogP contribution in [0.3, 0.4) is 0 Å². The Hall–Kier alpha value is -3.55. The Balaban J connectivity index is 1.57. The van der Waals surface area contributed by atoms with Crippen molar-refractivity contribution in [2.24, 2.45) is 10.2 Å². The molecule has 0 saturated carbocycles. The zero-order valence-corrected chi connectivity index (χ0v) is 14.1. The van der Waals surface area contributed by atoms with Gasteiger partial charge in [-0.2, -0.15) is 10.2 Å². The second-order valence-electron chi connectivity index (χ2n) is 5.75. The Labute approximate surface area is 150 Å². The van der Waals surface area contributed by atoms with Crippen molar-refractivity contribution in [2.45, 2.75) is 0 Å². The van der Waals surface area contributed by atoms with E-state index in [9.17, 15) is 14.4 Å². The van der Waals surface area contributed by atoms with E-state index in [4.69, 9.17) is 0 Å². The topological polar surface area (TPSA) is 94.4 Å². The van der Waals surface area contributed by atoms with Crippen molar-refractivity contribution in [3.05, 3.63) is 54.6 Å². The second kappa shape index (κ2) is 7.56. The molecule has 8 nitrogen and oxygen atoms in total. The average Bonchev–Trinajstić information content (AvgIpc) is 2.88. The first-order chi connectivity index (χ1) is 12.5. The van der Waals surface area contributed by atoms with Crippen LogP contribution in [0.15, 0.2) is 64.8 Å². The smallest absolute Gasteiger partial charge is 0.325 e. The number of imide groups is 1. The predicted octanol–water partition coefficient (Wildman–Crippen LogP) is 2.93. The van der Waals surface area contributed by atoms with E-state index in [2.05, 4.69) is 15.5 Å². The van der Waals surface area contributed by atoms with Gasteiger partial charge in [-0.3, -0.25) is 14.5 Å². The fourth-order valence-electron chi connectivity index (χ4n) is 2.39. The summed E-state index contributed by atoms with van der Waals surface area (Å²) in [5, 5.41) is 10.9. The van der Waals surface area contributed by atoms with E-state index in [0.717, 1.165) is 10.6 Å². The number of azo groups is 1. The third-order valence-electron chi connectivity index (χ3n) is 3.72. The van der Waals surface area contributed by atoms with Crippen LogP contribution in [-0.2, 0) is 9.59 Å². The minimum Gasteiger partial charge on any atom is -0.325 e. The number of nitrogens with zero attached hydrogens (tertiary/aromatic N) is 4. The molecule has 1 N–H and O–H groups in total. The van der Waals surface area contributed by atoms with Gasteiger partial charge < -0.3 is 10.2 Å². The van der Waals surface area contributed by atoms with E-state index in [0.29, 0.717) is 11.4 Å². The highest BCUT2D eigenvalue weighted by Crippen LogP contribution is 2.20. The van der Waals surface area contributed by atoms with E-state index < -0.39 is 11.9 Å². The molecule has 2 aromatic carbocycles. The molecule has 1 saturated heterocycles. The molecule has 1 heterocycles. The standard InChI is InChI=1S/C18H17N5O3/c1-22-12-17(25)23(18(22)26)11-16(24)19-13-7-9-15(10-8-13)21-20-14-5-3-2-4-6-14/h2-10H,11-12H2,1H3,(H,19,24). The van der Waals surface area contributed by atoms with Crippen molar-refractivity contribution >= 4 is 34.9 Å². The van der Waals surface area contributed by atoms with Gasteiger partial charge in [-0.15, -0.1) is 0 Å². The lowest BCUT2D eigenvalue weighted by atomic mass is 10.3. The lowest BCUT2D eigenvalue weighted by Gasteiger charge is -2.13. The minimum atomic E-state index is -0.471. The van der Waals surface area contributed by atoms with Crippen LogP contribution in [0.1, 0.15) is 0 Å². The van der Waals surface area contributed by atoms with Crippen LogP contribution in [0.4, 0.5) is 21.9 Å². The molecule has 0 unspecified atom stereocenters. The van der Waals surface area contributed by atoms with Gasteiger partial charge in [0.15, 0.2) is 0 Å². The van der Waals surface area contributed by atoms with Gasteiger partial charge in [0.2, 0.25) is 5.91 Å². The molecule has 132 valence electrons. The third-order valence-corrected chi connectivity index (χ3v) is 3.72. The van der Waals surface area contributed by atoms with E-state index in [1.54, 1.807) is 24.3 Å². The summed E-state index contributed by atoms with van der Waals surface area (Å²) in [5.74, 6) is -0.829. The minimum absolute atomic E-state index is 0.00672. The molecule has 1 aliphatic rings. The van der Waals surface area contributed by atoms with E-state index in [-0.39, 0.29) is 19.0 Å². The lowest BCUT2D eigenvalue weighted by Crippen LogP contribution is -2.38. The highest BCUT2D eigenvalue weighted by molar-refractivity contribution is 6.06. The Morgan fingerprint density at radius 2 is 1.62 bits per heavy atom. The molecule has 0 atom stereocenters. The third kappa shape index (κ3) is 4.10. The Bertz CT molecular complexity index is 849. The zero-order valence-electron chi connectivity index (χ0n) is 14.1. The molecule has 0 radical (unpaired) electrons. The Morgan fingerprint density at radius 1 is 1.00 bits per heavy atom. The van der Waals surface area contributed by atoms with Crippen molar-refractivity contribution in [3.8, 4) is 0 Å². The van der Waals surface area contributed by atoms with Crippen LogP contribution in [0.2, 0.25) is 0 Å². The van der Waals surface area contributed by atoms with Crippen molar-refractivity contribution < 1.29 is 14.4 Å². The van der Waals surface area contributed by atoms with Gasteiger partial charge in [0, 0.05) is 12.7 Å². The molecule has 26 heavy (non-hydrogen) atoms. The number of hydrogen-bond acceptors (Lipinski definition) is 5. The van der Waals surface area contributed by atoms with Crippen LogP contribution < -0.4 is 5.32 Å². The highest BCUT2D eigenvalue weighted by Gasteiger charge is 2.34. The number of carbonyl (C=O) groups excluding carboxylic acids is 3. The van der Waals surface area contributed by atoms with E-state index >= 15 is 0 Å². The largest absolute Gasteiger partial charge is 0.327 e. The van der Waals surface area contributed by atoms with Crippen molar-refractivity contribution in [1.29, 1.82) is 0 Å². The molecule has 0 aromatic heterocycles. The van der Waals surface area contributed by atoms with Gasteiger partial charge >= 0.3 is 6.03 Å². The molecule has 4 amide bonds. The summed E-state index contributed by atoms with van der Waals surface area (Å²) in [6, 6.07) is 15.6. The van der Waals surface area contributed by atoms with Crippen molar-refractivity contribution in [2.75, 3.05) is 25.5 Å². The summed E-state index contributed by atoms with van der Waals surface area (Å²) in [7, 11) is 1.51. The number of benzene rings is 2. The fraction of sp³-hybridized carbons (Fsp3) is 0.167. The summed E-state index contributed by atoms with van der Waals surface area (Å²) < 4.78 is 0. The van der Waals surface area contributed by atoms with Crippen LogP contribution in [0.25, 0.3) is 0 Å². The molecule has 8 heteroatoms. The zero-order chi connectivity index (χ0) is 18.5. The average molecular weight is 351 g/mol. The SMILES string of the molecule is CN1CC(=O)N(CC(=O)Nc2ccc(N=Nc3ccccc3)cc2)C1=O. The first-order valence-corrected chi connectivity index (χ1v) is 7.95. The summed E-state index contributed by atoms with van der Waals surface area (Å²) >= 11 is 0. The first kappa shape index (κ1) is 17.3. The lowest BCUT2D eigenvalue weighted by molar-refractivity contribution is -0.129. The van der Waals surface area contributed by atoms with Gasteiger partial charge in [-0.05, 0) is 36.4 Å². The number of rotatable bonds is 5. The number of amides is 4. The van der Waals surface area contributed by atoms with Crippen molar-refractivity contribution in [3.63, 3.8) is 0 Å². The second-order valence-corrected chi connectivity index (χ2v) is 5.75. The Morgan fingerprint density at radius 3 is 2.19 bits per heavy atom. The molecule has 0 spiro atoms. The number of nitrogens with one attached hydrogen (secondary N) is 1. The predicted molar refractivity (Wildman–Crippen MR) is 95.4 cm³/mol. The summed E-state index contributed by atoms with van der Waals surface area (Å²) in [5.41, 5.74) is 1.93. The quantitative estimate of drug-likeness (QED) is 0.663. The first-order valence-electron chi connectivity index (χ1n) is 7.95. The molecule has 1 aliphatic heterocycles. The molecule has 3 rings (SSSR count). The van der Waals surface area contributed by atoms with Crippen molar-refractivity contribution in [1.82, 2.24) is 9.80 Å². The monoisotopic (exact) mass is 351 g/mol. The molecular formula is C18H17N5O3. The summed E-state index contributed by atoms with van der Waals surface area (Å²) in [6.07, 6.45) is 0. The number of carbonyl (C=O) groups is 3. The maximum absolute atomic E-state index is 12.0. The van der Waals surface area contributed by atoms with Gasteiger partial charge in [-0.1, -0.05) is 18.2 Å². The van der Waals surface area contributed by atoms with Gasteiger partial charge in [0.1, 0.15) is 13.1 Å². The highest BCUT2D eigenvalue weighted by atomic mass is 16.2. The van der Waals surface area contributed by atoms with E-state index in [1.807, 2.05) is 30.3 Å². The van der Waals surface area contributed by atoms with Gasteiger partial charge in [-0.25, -0.2) is 4.79 Å². The van der Waals surface area contributed by atoms with Crippen LogP contribution in [-0.4, -0.2) is 47.8 Å².